The van der Waals surface area contributed by atoms with Gasteiger partial charge in [-0.15, -0.1) is 6.58 Å². The van der Waals surface area contributed by atoms with Gasteiger partial charge in [-0.3, -0.25) is 14.5 Å². The van der Waals surface area contributed by atoms with Crippen LogP contribution in [0.5, 0.6) is 0 Å². The first-order chi connectivity index (χ1) is 17.4. The number of para-hydroxylation sites is 1. The molecule has 0 N–H and O–H groups in total. The number of hydrogen-bond donors (Lipinski definition) is 0. The third kappa shape index (κ3) is 2.58. The van der Waals surface area contributed by atoms with Crippen molar-refractivity contribution in [2.45, 2.75) is 11.5 Å². The number of ether oxygens (including phenoxy) is 2. The molecule has 7 heteroatoms. The predicted octanol–water partition coefficient (Wildman–Crippen LogP) is 3.18. The average Bonchev–Trinajstić information content (AvgIpc) is 3.36. The summed E-state index contributed by atoms with van der Waals surface area (Å²) >= 11 is 0. The van der Waals surface area contributed by atoms with Crippen molar-refractivity contribution in [3.63, 3.8) is 0 Å². The lowest BCUT2D eigenvalue weighted by Gasteiger charge is -2.43. The van der Waals surface area contributed by atoms with Gasteiger partial charge in [0, 0.05) is 38.0 Å². The highest BCUT2D eigenvalue weighted by Crippen LogP contribution is 2.70. The maximum absolute atomic E-state index is 14.2. The van der Waals surface area contributed by atoms with Crippen LogP contribution in [0.3, 0.4) is 0 Å². The molecule has 4 aliphatic rings. The molecule has 2 aliphatic carbocycles. The van der Waals surface area contributed by atoms with Crippen molar-refractivity contribution in [2.75, 3.05) is 32.4 Å². The van der Waals surface area contributed by atoms with Crippen LogP contribution in [0, 0.1) is 23.2 Å². The Labute approximate surface area is 210 Å². The second-order valence-electron chi connectivity index (χ2n) is 10.1. The molecule has 0 radical (unpaired) electrons. The van der Waals surface area contributed by atoms with Gasteiger partial charge in [-0.1, -0.05) is 54.6 Å². The Morgan fingerprint density at radius 3 is 2.53 bits per heavy atom. The summed E-state index contributed by atoms with van der Waals surface area (Å²) < 4.78 is 11.2. The van der Waals surface area contributed by atoms with E-state index in [0.717, 1.165) is 11.3 Å². The van der Waals surface area contributed by atoms with Crippen molar-refractivity contribution in [1.29, 1.82) is 0 Å². The highest BCUT2D eigenvalue weighted by Gasteiger charge is 2.78. The summed E-state index contributed by atoms with van der Waals surface area (Å²) in [6.45, 7) is 4.37. The number of amides is 2. The summed E-state index contributed by atoms with van der Waals surface area (Å²) in [5, 5.41) is 0. The molecule has 1 spiro atoms. The summed E-state index contributed by atoms with van der Waals surface area (Å²) in [7, 11) is 3.34. The minimum absolute atomic E-state index is 0.0395. The number of hydrogen-bond acceptors (Lipinski definition) is 5. The predicted molar refractivity (Wildman–Crippen MR) is 133 cm³/mol. The smallest absolute Gasteiger partial charge is 0.338 e. The molecule has 0 unspecified atom stereocenters. The fraction of sp³-hybridized carbons (Fsp3) is 0.345. The van der Waals surface area contributed by atoms with E-state index in [0.29, 0.717) is 5.56 Å². The molecular weight excluding hydrogens is 456 g/mol. The van der Waals surface area contributed by atoms with E-state index in [-0.39, 0.29) is 48.9 Å². The molecule has 6 rings (SSSR count). The minimum Gasteiger partial charge on any atom is -0.462 e. The second-order valence-corrected chi connectivity index (χ2v) is 10.1. The number of rotatable bonds is 6. The number of likely N-dealkylation sites (tertiary alicyclic amines) is 1. The Hall–Kier alpha value is -3.71. The summed E-state index contributed by atoms with van der Waals surface area (Å²) in [5.41, 5.74) is 0.133. The van der Waals surface area contributed by atoms with E-state index >= 15 is 0 Å². The quantitative estimate of drug-likeness (QED) is 0.465. The van der Waals surface area contributed by atoms with Crippen molar-refractivity contribution >= 4 is 23.5 Å². The topological polar surface area (TPSA) is 76.2 Å². The normalized spacial score (nSPS) is 33.4. The number of piperidine rings is 1. The first-order valence-corrected chi connectivity index (χ1v) is 12.2. The molecule has 2 amide bonds. The fourth-order valence-corrected chi connectivity index (χ4v) is 7.45. The van der Waals surface area contributed by atoms with E-state index in [4.69, 9.17) is 9.47 Å². The van der Waals surface area contributed by atoms with Crippen LogP contribution in [-0.2, 0) is 24.5 Å². The number of esters is 1. The summed E-state index contributed by atoms with van der Waals surface area (Å²) in [5.74, 6) is -1.32. The van der Waals surface area contributed by atoms with Crippen LogP contribution in [0.25, 0.3) is 0 Å². The zero-order valence-corrected chi connectivity index (χ0v) is 20.3. The molecule has 1 saturated heterocycles. The molecule has 2 aromatic rings. The molecule has 0 aromatic heterocycles. The zero-order chi connectivity index (χ0) is 25.2. The van der Waals surface area contributed by atoms with Crippen LogP contribution >= 0.6 is 0 Å². The fourth-order valence-electron chi connectivity index (χ4n) is 7.45. The van der Waals surface area contributed by atoms with Gasteiger partial charge in [0.15, 0.2) is 0 Å². The standard InChI is InChI=1S/C29H28N2O5/c1-4-28-20-14-15-29(21-12-8-9-13-22(21)31(17-35-3)27(29)34)24(28)23(30(2)26(28)33)19(20)16-36-25(32)18-10-6-5-7-11-18/h4-15,19-20,23-24H,1,16-17H2,2-3H3/t19-,20+,23+,24-,28-,29+/m0/s1. The first-order valence-electron chi connectivity index (χ1n) is 12.2. The van der Waals surface area contributed by atoms with E-state index in [1.165, 1.54) is 0 Å². The SMILES string of the molecule is C=C[C@]12C(=O)N(C)[C@@H]3[C@@H](COC(=O)c4ccccc4)[C@H]1C=C[C@]1(C(=O)N(COC)c4ccccc41)[C@@H]32. The Morgan fingerprint density at radius 1 is 1.08 bits per heavy atom. The van der Waals surface area contributed by atoms with Crippen LogP contribution in [-0.4, -0.2) is 56.2 Å². The van der Waals surface area contributed by atoms with Crippen LogP contribution in [0.15, 0.2) is 79.4 Å². The number of anilines is 1. The number of benzene rings is 2. The summed E-state index contributed by atoms with van der Waals surface area (Å²) in [4.78, 5) is 44.1. The molecule has 2 aliphatic heterocycles. The highest BCUT2D eigenvalue weighted by atomic mass is 16.5. The van der Waals surface area contributed by atoms with E-state index in [9.17, 15) is 14.4 Å². The van der Waals surface area contributed by atoms with Crippen LogP contribution < -0.4 is 4.90 Å². The van der Waals surface area contributed by atoms with E-state index < -0.39 is 16.8 Å². The van der Waals surface area contributed by atoms with Gasteiger partial charge < -0.3 is 14.4 Å². The number of methoxy groups -OCH3 is 1. The maximum Gasteiger partial charge on any atom is 0.338 e. The molecule has 2 fully saturated rings. The zero-order valence-electron chi connectivity index (χ0n) is 20.3. The molecule has 36 heavy (non-hydrogen) atoms. The van der Waals surface area contributed by atoms with Crippen LogP contribution in [0.2, 0.25) is 0 Å². The van der Waals surface area contributed by atoms with Gasteiger partial charge in [0.25, 0.3) is 0 Å². The second kappa shape index (κ2) is 7.90. The van der Waals surface area contributed by atoms with E-state index in [1.807, 2.05) is 42.5 Å². The number of carbonyl (C=O) groups is 3. The Kier molecular flexibility index (Phi) is 4.99. The van der Waals surface area contributed by atoms with Gasteiger partial charge in [-0.05, 0) is 23.8 Å². The maximum atomic E-state index is 14.2. The van der Waals surface area contributed by atoms with Crippen LogP contribution in [0.1, 0.15) is 15.9 Å². The minimum atomic E-state index is -1.04. The molecule has 184 valence electrons. The summed E-state index contributed by atoms with van der Waals surface area (Å²) in [6.07, 6.45) is 5.72. The van der Waals surface area contributed by atoms with Crippen molar-refractivity contribution < 1.29 is 23.9 Å². The third-order valence-electron chi connectivity index (χ3n) is 8.75. The Balaban J connectivity index is 1.44. The molecular formula is C29H28N2O5. The van der Waals surface area contributed by atoms with Crippen LogP contribution in [0.4, 0.5) is 5.69 Å². The monoisotopic (exact) mass is 484 g/mol. The van der Waals surface area contributed by atoms with Gasteiger partial charge in [0.1, 0.15) is 12.1 Å². The van der Waals surface area contributed by atoms with Crippen molar-refractivity contribution in [1.82, 2.24) is 4.90 Å². The molecule has 6 atom stereocenters. The van der Waals surface area contributed by atoms with Gasteiger partial charge in [0.2, 0.25) is 11.8 Å². The largest absolute Gasteiger partial charge is 0.462 e. The lowest BCUT2D eigenvalue weighted by Crippen LogP contribution is -2.53. The number of nitrogens with zero attached hydrogens (tertiary/aromatic N) is 2. The Morgan fingerprint density at radius 2 is 1.81 bits per heavy atom. The molecule has 2 aromatic carbocycles. The molecule has 1 saturated carbocycles. The van der Waals surface area contributed by atoms with Gasteiger partial charge in [-0.2, -0.15) is 0 Å². The summed E-state index contributed by atoms with van der Waals surface area (Å²) in [6, 6.07) is 16.3. The Bertz CT molecular complexity index is 1310. The third-order valence-corrected chi connectivity index (χ3v) is 8.75. The van der Waals surface area contributed by atoms with Crippen molar-refractivity contribution in [3.8, 4) is 0 Å². The van der Waals surface area contributed by atoms with Crippen molar-refractivity contribution in [3.05, 3.63) is 90.5 Å². The van der Waals surface area contributed by atoms with Crippen molar-refractivity contribution in [2.24, 2.45) is 23.2 Å². The first kappa shape index (κ1) is 22.7. The lowest BCUT2D eigenvalue weighted by atomic mass is 9.56. The van der Waals surface area contributed by atoms with Gasteiger partial charge >= 0.3 is 5.97 Å². The van der Waals surface area contributed by atoms with Gasteiger partial charge in [0.05, 0.1) is 23.3 Å². The molecule has 2 heterocycles. The van der Waals surface area contributed by atoms with E-state index in [2.05, 4.69) is 6.58 Å². The highest BCUT2D eigenvalue weighted by molar-refractivity contribution is 6.11. The number of carbonyl (C=O) groups excluding carboxylic acids is 3. The lowest BCUT2D eigenvalue weighted by molar-refractivity contribution is -0.141. The molecule has 4 bridgehead atoms. The molecule has 7 nitrogen and oxygen atoms in total. The van der Waals surface area contributed by atoms with Gasteiger partial charge in [-0.25, -0.2) is 4.79 Å². The number of fused-ring (bicyclic) bond motifs is 2. The van der Waals surface area contributed by atoms with E-state index in [1.54, 1.807) is 54.3 Å². The average molecular weight is 485 g/mol. The number of allylic oxidation sites excluding steroid dienone is 1.